The third-order valence-corrected chi connectivity index (χ3v) is 8.63. The molecule has 0 saturated carbocycles. The molecule has 2 aromatic heterocycles. The summed E-state index contributed by atoms with van der Waals surface area (Å²) in [6.45, 7) is 5.52. The van der Waals surface area contributed by atoms with Gasteiger partial charge in [-0.1, -0.05) is 62.4 Å². The van der Waals surface area contributed by atoms with Crippen molar-refractivity contribution >= 4 is 46.6 Å². The Morgan fingerprint density at radius 2 is 1.00 bits per heavy atom. The third kappa shape index (κ3) is 14.2. The van der Waals surface area contributed by atoms with Gasteiger partial charge in [-0.3, -0.25) is 19.2 Å². The Kier molecular flexibility index (Phi) is 21.7. The van der Waals surface area contributed by atoms with Gasteiger partial charge < -0.3 is 64.8 Å². The van der Waals surface area contributed by atoms with E-state index in [2.05, 4.69) is 0 Å². The molecule has 0 bridgehead atoms. The van der Waals surface area contributed by atoms with Gasteiger partial charge in [-0.15, -0.1) is 0 Å². The summed E-state index contributed by atoms with van der Waals surface area (Å²) in [4.78, 5) is 73.6. The van der Waals surface area contributed by atoms with Crippen molar-refractivity contribution in [2.45, 2.75) is 32.8 Å². The number of ketones is 4. The number of hydrogen-bond acceptors (Lipinski definition) is 19. The fourth-order valence-electron chi connectivity index (χ4n) is 5.56. The van der Waals surface area contributed by atoms with Crippen LogP contribution in [-0.2, 0) is 28.5 Å². The SMILES string of the molecule is CCC(CO)OCCOC(=O)/C=C(\O)c1cc2c(o1)C(=O)c1ccccc1C2=O.CCCOCCOC(=O)/C=C(\O)c1cc2c(o1)C(=O)c1ccccc1C2=O.NCCO.NCCO. The van der Waals surface area contributed by atoms with Gasteiger partial charge in [0.05, 0.1) is 62.4 Å². The number of aliphatic hydroxyl groups is 5. The predicted molar refractivity (Wildman–Crippen MR) is 228 cm³/mol. The lowest BCUT2D eigenvalue weighted by Crippen LogP contribution is -2.20. The Morgan fingerprint density at radius 1 is 0.609 bits per heavy atom. The maximum atomic E-state index is 12.6. The molecule has 64 heavy (non-hydrogen) atoms. The van der Waals surface area contributed by atoms with E-state index in [0.717, 1.165) is 18.6 Å². The van der Waals surface area contributed by atoms with Crippen molar-refractivity contribution in [1.29, 1.82) is 0 Å². The number of nitrogens with two attached hydrogens (primary N) is 2. The second kappa shape index (κ2) is 26.8. The molecule has 19 heteroatoms. The van der Waals surface area contributed by atoms with Crippen LogP contribution in [0.15, 0.2) is 81.7 Å². The van der Waals surface area contributed by atoms with Crippen molar-refractivity contribution in [2.75, 3.05) is 65.9 Å². The molecule has 19 nitrogen and oxygen atoms in total. The van der Waals surface area contributed by atoms with Crippen LogP contribution in [0.25, 0.3) is 11.5 Å². The van der Waals surface area contributed by atoms with Crippen LogP contribution in [0.1, 0.15) is 102 Å². The molecule has 2 heterocycles. The lowest BCUT2D eigenvalue weighted by atomic mass is 9.88. The van der Waals surface area contributed by atoms with Crippen molar-refractivity contribution < 1.29 is 82.1 Å². The van der Waals surface area contributed by atoms with E-state index in [-0.39, 0.29) is 115 Å². The molecule has 0 saturated heterocycles. The van der Waals surface area contributed by atoms with Crippen LogP contribution >= 0.6 is 0 Å². The van der Waals surface area contributed by atoms with E-state index in [1.807, 2.05) is 13.8 Å². The van der Waals surface area contributed by atoms with Crippen molar-refractivity contribution in [1.82, 2.24) is 0 Å². The number of benzene rings is 2. The summed E-state index contributed by atoms with van der Waals surface area (Å²) in [6.07, 6.45) is 2.77. The maximum absolute atomic E-state index is 12.6. The van der Waals surface area contributed by atoms with Gasteiger partial charge in [0.25, 0.3) is 0 Å². The fraction of sp³-hybridized carbons (Fsp3) is 0.333. The fourth-order valence-corrected chi connectivity index (χ4v) is 5.56. The first-order chi connectivity index (χ1) is 30.8. The summed E-state index contributed by atoms with van der Waals surface area (Å²) >= 11 is 0. The number of fused-ring (bicyclic) bond motifs is 4. The van der Waals surface area contributed by atoms with Gasteiger partial charge in [0.2, 0.25) is 11.6 Å². The minimum Gasteiger partial charge on any atom is -0.504 e. The smallest absolute Gasteiger partial charge is 0.334 e. The van der Waals surface area contributed by atoms with Crippen molar-refractivity contribution in [2.24, 2.45) is 11.5 Å². The molecule has 0 fully saturated rings. The molecule has 4 aromatic rings. The minimum atomic E-state index is -0.849. The number of esters is 2. The number of hydrogen-bond donors (Lipinski definition) is 7. The maximum Gasteiger partial charge on any atom is 0.334 e. The first-order valence-electron chi connectivity index (χ1n) is 20.0. The summed E-state index contributed by atoms with van der Waals surface area (Å²) in [5, 5.41) is 44.7. The van der Waals surface area contributed by atoms with Crippen molar-refractivity contribution in [3.63, 3.8) is 0 Å². The van der Waals surface area contributed by atoms with Gasteiger partial charge in [0.1, 0.15) is 13.2 Å². The van der Waals surface area contributed by atoms with Crippen molar-refractivity contribution in [3.05, 3.63) is 129 Å². The molecule has 0 radical (unpaired) electrons. The molecule has 2 aliphatic rings. The van der Waals surface area contributed by atoms with E-state index in [1.54, 1.807) is 36.4 Å². The molecule has 2 aliphatic carbocycles. The van der Waals surface area contributed by atoms with Gasteiger partial charge in [0, 0.05) is 42.0 Å². The van der Waals surface area contributed by atoms with E-state index in [4.69, 9.17) is 54.6 Å². The van der Waals surface area contributed by atoms with Gasteiger partial charge in [0.15, 0.2) is 46.1 Å². The Balaban J connectivity index is 0.000000292. The van der Waals surface area contributed by atoms with Crippen molar-refractivity contribution in [3.8, 4) is 0 Å². The molecular formula is C45H52N2O17. The van der Waals surface area contributed by atoms with Crippen LogP contribution in [0.5, 0.6) is 0 Å². The Morgan fingerprint density at radius 3 is 1.36 bits per heavy atom. The zero-order valence-corrected chi connectivity index (χ0v) is 35.3. The predicted octanol–water partition coefficient (Wildman–Crippen LogP) is 3.08. The number of carbonyl (C=O) groups excluding carboxylic acids is 6. The minimum absolute atomic E-state index is 0.0278. The summed E-state index contributed by atoms with van der Waals surface area (Å²) < 4.78 is 31.0. The zero-order chi connectivity index (χ0) is 47.2. The number of carbonyl (C=O) groups is 6. The largest absolute Gasteiger partial charge is 0.504 e. The second-order valence-corrected chi connectivity index (χ2v) is 13.2. The molecule has 0 spiro atoms. The second-order valence-electron chi connectivity index (χ2n) is 13.2. The molecule has 0 aliphatic heterocycles. The van der Waals surface area contributed by atoms with Crippen LogP contribution in [0.3, 0.4) is 0 Å². The number of aliphatic hydroxyl groups excluding tert-OH is 5. The molecule has 6 rings (SSSR count). The first kappa shape index (κ1) is 51.8. The van der Waals surface area contributed by atoms with Crippen LogP contribution < -0.4 is 11.5 Å². The van der Waals surface area contributed by atoms with Gasteiger partial charge in [-0.25, -0.2) is 9.59 Å². The van der Waals surface area contributed by atoms with Gasteiger partial charge >= 0.3 is 11.9 Å². The van der Waals surface area contributed by atoms with Crippen LogP contribution in [0.2, 0.25) is 0 Å². The summed E-state index contributed by atoms with van der Waals surface area (Å²) in [7, 11) is 0. The average Bonchev–Trinajstić information content (AvgIpc) is 3.98. The third-order valence-electron chi connectivity index (χ3n) is 8.63. The standard InChI is InChI=1S/C21H20O8.C20H18O7.2C2H7NO/c1-2-12(11-22)27-7-8-28-18(24)10-16(23)17-9-15-19(25)13-5-3-4-6-14(13)20(26)21(15)29-17;1-2-7-25-8-9-26-17(22)11-15(21)16-10-14-18(23)12-5-3-4-6-13(12)19(24)20(14)27-16;2*3-1-2-4/h3-6,9-10,12,22-23H,2,7-8,11H2,1H3;3-6,10-11,21H,2,7-9H2,1H3;2*4H,1-3H2/b16-10-;15-11-;;. The Labute approximate surface area is 367 Å². The number of ether oxygens (including phenoxy) is 4. The Bertz CT molecular complexity index is 2170. The molecule has 0 amide bonds. The highest BCUT2D eigenvalue weighted by Crippen LogP contribution is 2.33. The number of furan rings is 2. The molecular weight excluding hydrogens is 840 g/mol. The van der Waals surface area contributed by atoms with Crippen LogP contribution in [-0.4, -0.2) is 133 Å². The molecule has 2 aromatic carbocycles. The van der Waals surface area contributed by atoms with Crippen LogP contribution in [0, 0.1) is 0 Å². The summed E-state index contributed by atoms with van der Waals surface area (Å²) in [6, 6.07) is 15.2. The lowest BCUT2D eigenvalue weighted by Gasteiger charge is -2.12. The van der Waals surface area contributed by atoms with Crippen LogP contribution in [0.4, 0.5) is 0 Å². The topological polar surface area (TPSA) is 319 Å². The summed E-state index contributed by atoms with van der Waals surface area (Å²) in [5.74, 6) is -5.12. The molecule has 344 valence electrons. The quantitative estimate of drug-likeness (QED) is 0.0299. The normalized spacial score (nSPS) is 13.0. The van der Waals surface area contributed by atoms with Gasteiger partial charge in [-0.2, -0.15) is 0 Å². The summed E-state index contributed by atoms with van der Waals surface area (Å²) in [5.41, 5.74) is 10.6. The molecule has 1 atom stereocenters. The first-order valence-corrected chi connectivity index (χ1v) is 20.0. The average molecular weight is 893 g/mol. The monoisotopic (exact) mass is 892 g/mol. The molecule has 1 unspecified atom stereocenters. The number of rotatable bonds is 17. The zero-order valence-electron chi connectivity index (χ0n) is 35.3. The van der Waals surface area contributed by atoms with Gasteiger partial charge in [-0.05, 0) is 25.0 Å². The lowest BCUT2D eigenvalue weighted by molar-refractivity contribution is -0.140. The van der Waals surface area contributed by atoms with E-state index in [9.17, 15) is 39.0 Å². The Hall–Kier alpha value is -6.58. The highest BCUT2D eigenvalue weighted by molar-refractivity contribution is 6.28. The highest BCUT2D eigenvalue weighted by Gasteiger charge is 2.35. The molecule has 9 N–H and O–H groups in total. The van der Waals surface area contributed by atoms with E-state index in [1.165, 1.54) is 24.3 Å². The van der Waals surface area contributed by atoms with E-state index < -0.39 is 40.8 Å². The van der Waals surface area contributed by atoms with E-state index >= 15 is 0 Å². The highest BCUT2D eigenvalue weighted by atomic mass is 16.6. The van der Waals surface area contributed by atoms with E-state index in [0.29, 0.717) is 26.1 Å².